The van der Waals surface area contributed by atoms with Crippen LogP contribution in [0.5, 0.6) is 0 Å². The van der Waals surface area contributed by atoms with Gasteiger partial charge in [-0.1, -0.05) is 0 Å². The standard InChI is InChI=1S/C11H18N2O11P2/c1-5-2-13(11(17)12-9(5)16)10-7(15)8(6(3-14)23-10)24-26(21,22)4-25(18,19)20/h2,6-8,10,14-15H,3-4H2,1H3,(H,21,22)(H,12,16,17)(H2,18,19,20)/t6-,7-,8-,10-/m1/s1. The molecule has 1 unspecified atom stereocenters. The number of nitrogens with zero attached hydrogens (tertiary/aromatic N) is 1. The Balaban J connectivity index is 2.32. The van der Waals surface area contributed by atoms with Crippen molar-refractivity contribution in [1.82, 2.24) is 9.55 Å². The fourth-order valence-electron chi connectivity index (χ4n) is 2.46. The van der Waals surface area contributed by atoms with E-state index in [0.29, 0.717) is 0 Å². The van der Waals surface area contributed by atoms with Crippen LogP contribution in [0.25, 0.3) is 0 Å². The van der Waals surface area contributed by atoms with Gasteiger partial charge in [-0.2, -0.15) is 0 Å². The van der Waals surface area contributed by atoms with Crippen LogP contribution in [0.2, 0.25) is 0 Å². The van der Waals surface area contributed by atoms with E-state index in [1.807, 2.05) is 4.98 Å². The Morgan fingerprint density at radius 3 is 2.46 bits per heavy atom. The zero-order chi connectivity index (χ0) is 19.9. The second-order valence-corrected chi connectivity index (χ2v) is 9.68. The largest absolute Gasteiger partial charge is 0.394 e. The highest BCUT2D eigenvalue weighted by atomic mass is 31.2. The van der Waals surface area contributed by atoms with E-state index in [9.17, 15) is 33.8 Å². The number of aliphatic hydroxyl groups excluding tert-OH is 2. The lowest BCUT2D eigenvalue weighted by molar-refractivity contribution is -0.0546. The predicted molar refractivity (Wildman–Crippen MR) is 84.7 cm³/mol. The third-order valence-corrected chi connectivity index (χ3v) is 7.04. The SMILES string of the molecule is Cc1cn([C@@H]2O[C@H](CO)[C@@H](OP(=O)(O)CP(=O)(O)O)[C@H]2O)c(=O)[nH]c1=O. The van der Waals surface area contributed by atoms with E-state index in [2.05, 4.69) is 0 Å². The molecule has 1 aliphatic rings. The molecule has 5 atom stereocenters. The number of aliphatic hydroxyl groups is 2. The molecule has 0 spiro atoms. The topological polar surface area (TPSA) is 209 Å². The summed E-state index contributed by atoms with van der Waals surface area (Å²) in [5.41, 5.74) is -1.49. The van der Waals surface area contributed by atoms with Gasteiger partial charge in [0, 0.05) is 11.8 Å². The molecule has 148 valence electrons. The Morgan fingerprint density at radius 2 is 1.92 bits per heavy atom. The van der Waals surface area contributed by atoms with Crippen LogP contribution >= 0.6 is 15.2 Å². The second kappa shape index (κ2) is 7.47. The molecule has 26 heavy (non-hydrogen) atoms. The Hall–Kier alpha value is -1.14. The molecule has 0 radical (unpaired) electrons. The van der Waals surface area contributed by atoms with Crippen molar-refractivity contribution in [1.29, 1.82) is 0 Å². The van der Waals surface area contributed by atoms with Gasteiger partial charge in [0.2, 0.25) is 0 Å². The Labute approximate surface area is 145 Å². The molecule has 15 heteroatoms. The average Bonchev–Trinajstić information content (AvgIpc) is 2.76. The van der Waals surface area contributed by atoms with Crippen LogP contribution in [0.15, 0.2) is 15.8 Å². The van der Waals surface area contributed by atoms with Crippen molar-refractivity contribution in [2.24, 2.45) is 0 Å². The third-order valence-electron chi connectivity index (χ3n) is 3.56. The molecule has 1 aromatic heterocycles. The predicted octanol–water partition coefficient (Wildman–Crippen LogP) is -2.20. The summed E-state index contributed by atoms with van der Waals surface area (Å²) < 4.78 is 33.6. The maximum atomic E-state index is 11.9. The van der Waals surface area contributed by atoms with Crippen molar-refractivity contribution >= 4 is 15.2 Å². The van der Waals surface area contributed by atoms with Crippen molar-refractivity contribution in [2.45, 2.75) is 31.5 Å². The molecular weight excluding hydrogens is 398 g/mol. The summed E-state index contributed by atoms with van der Waals surface area (Å²) in [6, 6.07) is 0. The van der Waals surface area contributed by atoms with E-state index in [1.54, 1.807) is 0 Å². The molecule has 0 saturated carbocycles. The molecular formula is C11H18N2O11P2. The number of ether oxygens (including phenoxy) is 1. The summed E-state index contributed by atoms with van der Waals surface area (Å²) >= 11 is 0. The van der Waals surface area contributed by atoms with Crippen LogP contribution in [0.1, 0.15) is 11.8 Å². The summed E-state index contributed by atoms with van der Waals surface area (Å²) in [5.74, 6) is -1.50. The zero-order valence-corrected chi connectivity index (χ0v) is 15.1. The molecule has 1 aliphatic heterocycles. The first-order valence-electron chi connectivity index (χ1n) is 7.16. The van der Waals surface area contributed by atoms with Gasteiger partial charge in [-0.25, -0.2) is 4.79 Å². The van der Waals surface area contributed by atoms with Crippen LogP contribution in [0, 0.1) is 6.92 Å². The molecule has 6 N–H and O–H groups in total. The van der Waals surface area contributed by atoms with E-state index >= 15 is 0 Å². The first-order chi connectivity index (χ1) is 11.8. The van der Waals surface area contributed by atoms with Gasteiger partial charge in [0.25, 0.3) is 5.56 Å². The lowest BCUT2D eigenvalue weighted by Crippen LogP contribution is -2.39. The van der Waals surface area contributed by atoms with Gasteiger partial charge in [-0.3, -0.25) is 28.0 Å². The maximum Gasteiger partial charge on any atom is 0.340 e. The van der Waals surface area contributed by atoms with Crippen LogP contribution in [-0.4, -0.2) is 65.3 Å². The van der Waals surface area contributed by atoms with Crippen molar-refractivity contribution in [3.8, 4) is 0 Å². The molecule has 2 heterocycles. The van der Waals surface area contributed by atoms with E-state index in [-0.39, 0.29) is 5.56 Å². The minimum Gasteiger partial charge on any atom is -0.394 e. The molecule has 1 fully saturated rings. The van der Waals surface area contributed by atoms with E-state index in [1.165, 1.54) is 6.92 Å². The Kier molecular flexibility index (Phi) is 6.08. The van der Waals surface area contributed by atoms with E-state index in [0.717, 1.165) is 10.8 Å². The highest BCUT2D eigenvalue weighted by molar-refractivity contribution is 7.70. The lowest BCUT2D eigenvalue weighted by Gasteiger charge is -2.23. The summed E-state index contributed by atoms with van der Waals surface area (Å²) in [5, 5.41) is 19.6. The third kappa shape index (κ3) is 4.77. The normalized spacial score (nSPS) is 28.8. The molecule has 1 aromatic rings. The number of hydrogen-bond acceptors (Lipinski definition) is 8. The number of aromatic nitrogens is 2. The number of aromatic amines is 1. The van der Waals surface area contributed by atoms with E-state index < -0.39 is 63.5 Å². The first-order valence-corrected chi connectivity index (χ1v) is 10.7. The number of rotatable bonds is 6. The van der Waals surface area contributed by atoms with Gasteiger partial charge in [0.15, 0.2) is 12.1 Å². The Bertz CT molecular complexity index is 874. The lowest BCUT2D eigenvalue weighted by atomic mass is 10.1. The van der Waals surface area contributed by atoms with Gasteiger partial charge in [0.05, 0.1) is 6.61 Å². The van der Waals surface area contributed by atoms with Gasteiger partial charge in [-0.05, 0) is 6.92 Å². The molecule has 0 aromatic carbocycles. The van der Waals surface area contributed by atoms with Crippen LogP contribution < -0.4 is 11.2 Å². The molecule has 0 aliphatic carbocycles. The Morgan fingerprint density at radius 1 is 1.31 bits per heavy atom. The maximum absolute atomic E-state index is 11.9. The van der Waals surface area contributed by atoms with Gasteiger partial charge >= 0.3 is 20.9 Å². The summed E-state index contributed by atoms with van der Waals surface area (Å²) in [6.45, 7) is 0.598. The minimum absolute atomic E-state index is 0.111. The highest BCUT2D eigenvalue weighted by Gasteiger charge is 2.49. The van der Waals surface area contributed by atoms with Crippen molar-refractivity contribution in [3.05, 3.63) is 32.6 Å². The molecule has 13 nitrogen and oxygen atoms in total. The minimum atomic E-state index is -4.90. The fourth-order valence-corrected chi connectivity index (χ4v) is 5.23. The molecule has 0 amide bonds. The zero-order valence-electron chi connectivity index (χ0n) is 13.3. The monoisotopic (exact) mass is 416 g/mol. The van der Waals surface area contributed by atoms with Crippen LogP contribution in [-0.2, 0) is 18.4 Å². The fraction of sp³-hybridized carbons (Fsp3) is 0.636. The summed E-state index contributed by atoms with van der Waals surface area (Å²) in [6.07, 6.45) is -5.18. The number of H-pyrrole nitrogens is 1. The molecule has 2 rings (SSSR count). The quantitative estimate of drug-likeness (QED) is 0.274. The number of nitrogens with one attached hydrogen (secondary N) is 1. The second-order valence-electron chi connectivity index (χ2n) is 5.73. The van der Waals surface area contributed by atoms with Gasteiger partial charge < -0.3 is 29.6 Å². The van der Waals surface area contributed by atoms with E-state index in [4.69, 9.17) is 19.0 Å². The van der Waals surface area contributed by atoms with Crippen molar-refractivity contribution < 1.29 is 43.3 Å². The van der Waals surface area contributed by atoms with Gasteiger partial charge in [0.1, 0.15) is 18.3 Å². The van der Waals surface area contributed by atoms with Crippen LogP contribution in [0.3, 0.4) is 0 Å². The van der Waals surface area contributed by atoms with Crippen molar-refractivity contribution in [2.75, 3.05) is 12.5 Å². The first kappa shape index (κ1) is 21.2. The average molecular weight is 416 g/mol. The van der Waals surface area contributed by atoms with Crippen molar-refractivity contribution in [3.63, 3.8) is 0 Å². The molecule has 1 saturated heterocycles. The van der Waals surface area contributed by atoms with Crippen LogP contribution in [0.4, 0.5) is 0 Å². The number of hydrogen-bond donors (Lipinski definition) is 6. The number of aryl methyl sites for hydroxylation is 1. The summed E-state index contributed by atoms with van der Waals surface area (Å²) in [4.78, 5) is 52.5. The smallest absolute Gasteiger partial charge is 0.340 e. The highest BCUT2D eigenvalue weighted by Crippen LogP contribution is 2.57. The summed E-state index contributed by atoms with van der Waals surface area (Å²) in [7, 11) is -9.76. The van der Waals surface area contributed by atoms with Gasteiger partial charge in [-0.15, -0.1) is 0 Å². The molecule has 0 bridgehead atoms.